The second-order valence-electron chi connectivity index (χ2n) is 6.13. The van der Waals surface area contributed by atoms with Gasteiger partial charge in [-0.2, -0.15) is 0 Å². The molecule has 4 rings (SSSR count). The van der Waals surface area contributed by atoms with Gasteiger partial charge in [-0.3, -0.25) is 4.79 Å². The number of ether oxygens (including phenoxy) is 1. The molecular formula is C17H16F2N2O2S. The van der Waals surface area contributed by atoms with Gasteiger partial charge in [-0.05, 0) is 29.9 Å². The lowest BCUT2D eigenvalue weighted by molar-refractivity contribution is -0.0927. The zero-order valence-corrected chi connectivity index (χ0v) is 13.7. The maximum atomic E-state index is 13.8. The van der Waals surface area contributed by atoms with E-state index in [1.807, 2.05) is 0 Å². The third-order valence-electron chi connectivity index (χ3n) is 4.81. The molecule has 0 N–H and O–H groups in total. The fraction of sp³-hybridized carbons (Fsp3) is 0.412. The molecule has 2 aromatic rings. The van der Waals surface area contributed by atoms with Gasteiger partial charge in [-0.1, -0.05) is 0 Å². The van der Waals surface area contributed by atoms with E-state index in [4.69, 9.17) is 4.74 Å². The highest BCUT2D eigenvalue weighted by Gasteiger charge is 2.42. The van der Waals surface area contributed by atoms with Crippen molar-refractivity contribution < 1.29 is 18.3 Å². The first-order valence-electron chi connectivity index (χ1n) is 7.90. The molecular weight excluding hydrogens is 334 g/mol. The lowest BCUT2D eigenvalue weighted by Crippen LogP contribution is -2.48. The molecule has 2 aromatic heterocycles. The molecule has 2 aliphatic rings. The number of hydrogen-bond donors (Lipinski definition) is 0. The molecule has 0 atom stereocenters. The summed E-state index contributed by atoms with van der Waals surface area (Å²) < 4.78 is 32.8. The lowest BCUT2D eigenvalue weighted by atomic mass is 9.82. The smallest absolute Gasteiger partial charge is 0.275 e. The van der Waals surface area contributed by atoms with Gasteiger partial charge in [-0.15, -0.1) is 11.3 Å². The van der Waals surface area contributed by atoms with E-state index in [-0.39, 0.29) is 11.3 Å². The summed E-state index contributed by atoms with van der Waals surface area (Å²) in [6, 6.07) is 2.80. The number of likely N-dealkylation sites (tertiary alicyclic amines) is 1. The quantitative estimate of drug-likeness (QED) is 0.794. The number of thiophene rings is 1. The van der Waals surface area contributed by atoms with Crippen molar-refractivity contribution in [2.45, 2.75) is 24.9 Å². The molecule has 4 nitrogen and oxygen atoms in total. The molecule has 1 spiro atoms. The Labute approximate surface area is 142 Å². The van der Waals surface area contributed by atoms with Crippen LogP contribution in [0, 0.1) is 11.6 Å². The van der Waals surface area contributed by atoms with E-state index in [0.29, 0.717) is 38.6 Å². The number of halogens is 2. The molecule has 0 aromatic carbocycles. The van der Waals surface area contributed by atoms with E-state index in [1.165, 1.54) is 10.4 Å². The van der Waals surface area contributed by atoms with Crippen LogP contribution in [-0.4, -0.2) is 35.5 Å². The van der Waals surface area contributed by atoms with Crippen LogP contribution in [0.1, 0.15) is 33.8 Å². The second kappa shape index (κ2) is 5.89. The highest BCUT2D eigenvalue weighted by atomic mass is 32.1. The molecule has 7 heteroatoms. The zero-order valence-electron chi connectivity index (χ0n) is 12.9. The molecule has 0 unspecified atom stereocenters. The Morgan fingerprint density at radius 3 is 2.88 bits per heavy atom. The van der Waals surface area contributed by atoms with Crippen LogP contribution in [0.25, 0.3) is 0 Å². The van der Waals surface area contributed by atoms with Crippen molar-refractivity contribution in [1.29, 1.82) is 0 Å². The minimum Gasteiger partial charge on any atom is -0.370 e. The van der Waals surface area contributed by atoms with Crippen LogP contribution in [0.5, 0.6) is 0 Å². The van der Waals surface area contributed by atoms with Crippen LogP contribution in [-0.2, 0) is 16.8 Å². The molecule has 24 heavy (non-hydrogen) atoms. The Morgan fingerprint density at radius 2 is 2.12 bits per heavy atom. The number of pyridine rings is 1. The average Bonchev–Trinajstić information content (AvgIpc) is 3.05. The van der Waals surface area contributed by atoms with Crippen LogP contribution < -0.4 is 0 Å². The number of amides is 1. The standard InChI is InChI=1S/C17H16F2N2O2S/c18-11-9-13(19)15(20-10-11)16(22)21-5-3-17(4-6-21)12-2-8-24-14(12)1-7-23-17/h2,8-10H,1,3-7H2. The molecule has 0 radical (unpaired) electrons. The van der Waals surface area contributed by atoms with Gasteiger partial charge >= 0.3 is 0 Å². The van der Waals surface area contributed by atoms with Crippen molar-refractivity contribution in [3.8, 4) is 0 Å². The summed E-state index contributed by atoms with van der Waals surface area (Å²) in [5.41, 5.74) is 0.573. The first-order valence-corrected chi connectivity index (χ1v) is 8.78. The Kier molecular flexibility index (Phi) is 3.85. The molecule has 4 heterocycles. The van der Waals surface area contributed by atoms with Crippen molar-refractivity contribution in [2.24, 2.45) is 0 Å². The number of hydrogen-bond acceptors (Lipinski definition) is 4. The predicted molar refractivity (Wildman–Crippen MR) is 84.9 cm³/mol. The molecule has 2 aliphatic heterocycles. The molecule has 1 saturated heterocycles. The van der Waals surface area contributed by atoms with Gasteiger partial charge in [0, 0.05) is 30.5 Å². The number of aromatic nitrogens is 1. The van der Waals surface area contributed by atoms with E-state index in [1.54, 1.807) is 16.2 Å². The molecule has 126 valence electrons. The number of nitrogens with zero attached hydrogens (tertiary/aromatic N) is 2. The summed E-state index contributed by atoms with van der Waals surface area (Å²) >= 11 is 1.74. The third kappa shape index (κ3) is 2.52. The molecule has 0 bridgehead atoms. The monoisotopic (exact) mass is 350 g/mol. The lowest BCUT2D eigenvalue weighted by Gasteiger charge is -2.44. The Hall–Kier alpha value is -1.86. The third-order valence-corrected chi connectivity index (χ3v) is 5.79. The SMILES string of the molecule is O=C(c1ncc(F)cc1F)N1CCC2(CC1)OCCc1sccc12. The number of fused-ring (bicyclic) bond motifs is 2. The highest BCUT2D eigenvalue weighted by Crippen LogP contribution is 2.43. The van der Waals surface area contributed by atoms with E-state index < -0.39 is 17.5 Å². The summed E-state index contributed by atoms with van der Waals surface area (Å²) in [5, 5.41) is 2.08. The van der Waals surface area contributed by atoms with E-state index in [2.05, 4.69) is 16.4 Å². The Morgan fingerprint density at radius 1 is 1.33 bits per heavy atom. The van der Waals surface area contributed by atoms with Crippen LogP contribution in [0.15, 0.2) is 23.7 Å². The topological polar surface area (TPSA) is 42.4 Å². The number of carbonyl (C=O) groups excluding carboxylic acids is 1. The maximum Gasteiger partial charge on any atom is 0.275 e. The highest BCUT2D eigenvalue weighted by molar-refractivity contribution is 7.10. The van der Waals surface area contributed by atoms with Crippen molar-refractivity contribution in [1.82, 2.24) is 9.88 Å². The fourth-order valence-electron chi connectivity index (χ4n) is 3.56. The minimum atomic E-state index is -0.922. The van der Waals surface area contributed by atoms with Crippen LogP contribution >= 0.6 is 11.3 Å². The summed E-state index contributed by atoms with van der Waals surface area (Å²) in [6.07, 6.45) is 3.14. The van der Waals surface area contributed by atoms with Crippen LogP contribution in [0.4, 0.5) is 8.78 Å². The fourth-order valence-corrected chi connectivity index (χ4v) is 4.51. The maximum absolute atomic E-state index is 13.8. The number of carbonyl (C=O) groups is 1. The van der Waals surface area contributed by atoms with Gasteiger partial charge in [0.1, 0.15) is 5.82 Å². The van der Waals surface area contributed by atoms with Gasteiger partial charge < -0.3 is 9.64 Å². The van der Waals surface area contributed by atoms with Crippen LogP contribution in [0.3, 0.4) is 0 Å². The molecule has 1 amide bonds. The minimum absolute atomic E-state index is 0.326. The zero-order chi connectivity index (χ0) is 16.7. The van der Waals surface area contributed by atoms with Crippen molar-refractivity contribution in [2.75, 3.05) is 19.7 Å². The van der Waals surface area contributed by atoms with Crippen molar-refractivity contribution in [3.05, 3.63) is 51.5 Å². The molecule has 1 fully saturated rings. The van der Waals surface area contributed by atoms with Gasteiger partial charge in [-0.25, -0.2) is 13.8 Å². The Balaban J connectivity index is 1.52. The molecule has 0 saturated carbocycles. The number of rotatable bonds is 1. The van der Waals surface area contributed by atoms with Gasteiger partial charge in [0.25, 0.3) is 5.91 Å². The first kappa shape index (κ1) is 15.7. The van der Waals surface area contributed by atoms with Crippen molar-refractivity contribution in [3.63, 3.8) is 0 Å². The summed E-state index contributed by atoms with van der Waals surface area (Å²) in [5.74, 6) is -2.21. The van der Waals surface area contributed by atoms with Crippen LogP contribution in [0.2, 0.25) is 0 Å². The second-order valence-corrected chi connectivity index (χ2v) is 7.13. The predicted octanol–water partition coefficient (Wildman–Crippen LogP) is 3.13. The number of piperidine rings is 1. The summed E-state index contributed by atoms with van der Waals surface area (Å²) in [7, 11) is 0. The van der Waals surface area contributed by atoms with E-state index >= 15 is 0 Å². The van der Waals surface area contributed by atoms with E-state index in [0.717, 1.165) is 12.6 Å². The summed E-state index contributed by atoms with van der Waals surface area (Å²) in [4.78, 5) is 19.0. The van der Waals surface area contributed by atoms with Gasteiger partial charge in [0.15, 0.2) is 11.5 Å². The van der Waals surface area contributed by atoms with Gasteiger partial charge in [0.2, 0.25) is 0 Å². The summed E-state index contributed by atoms with van der Waals surface area (Å²) in [6.45, 7) is 1.62. The largest absolute Gasteiger partial charge is 0.370 e. The normalized spacial score (nSPS) is 19.3. The average molecular weight is 350 g/mol. The molecule has 0 aliphatic carbocycles. The first-order chi connectivity index (χ1) is 11.6. The van der Waals surface area contributed by atoms with Crippen molar-refractivity contribution >= 4 is 17.2 Å². The van der Waals surface area contributed by atoms with E-state index in [9.17, 15) is 13.6 Å². The Bertz CT molecular complexity index is 785. The van der Waals surface area contributed by atoms with Gasteiger partial charge in [0.05, 0.1) is 18.4 Å².